The van der Waals surface area contributed by atoms with Gasteiger partial charge in [0.1, 0.15) is 11.9 Å². The van der Waals surface area contributed by atoms with Crippen molar-refractivity contribution in [3.05, 3.63) is 96.5 Å². The summed E-state index contributed by atoms with van der Waals surface area (Å²) in [7, 11) is 1.55. The molecule has 3 aromatic carbocycles. The number of methoxy groups -OCH3 is 1. The van der Waals surface area contributed by atoms with Crippen LogP contribution in [-0.4, -0.2) is 48.2 Å². The van der Waals surface area contributed by atoms with Gasteiger partial charge in [-0.05, 0) is 67.0 Å². The Bertz CT molecular complexity index is 1550. The standard InChI is InChI=1S/C34H37N5O5/c1-42-30-17-27(12-15-29(30)31-19-35-22-43-31)38-33(40)37-26-9-5-6-24(16-26)18-36-34(41)44-32(25-7-3-2-4-8-25)21-39(28-13-14-28)20-23-10-11-23/h2-9,12,15-17,19,22-23,28,32H,10-11,13-14,18,20-21H2,1H3,(H,36,41)(H2,37,38,40). The first-order valence-corrected chi connectivity index (χ1v) is 15.0. The number of rotatable bonds is 13. The number of benzene rings is 3. The van der Waals surface area contributed by atoms with Crippen molar-refractivity contribution in [3.63, 3.8) is 0 Å². The molecule has 228 valence electrons. The van der Waals surface area contributed by atoms with Crippen LogP contribution in [0.2, 0.25) is 0 Å². The number of oxazole rings is 1. The number of carbonyl (C=O) groups is 2. The summed E-state index contributed by atoms with van der Waals surface area (Å²) in [6, 6.07) is 22.7. The summed E-state index contributed by atoms with van der Waals surface area (Å²) in [4.78, 5) is 32.2. The molecule has 10 heteroatoms. The maximum atomic E-state index is 13.0. The second-order valence-electron chi connectivity index (χ2n) is 11.3. The van der Waals surface area contributed by atoms with Gasteiger partial charge in [-0.25, -0.2) is 14.6 Å². The smallest absolute Gasteiger partial charge is 0.408 e. The lowest BCUT2D eigenvalue weighted by atomic mass is 10.1. The summed E-state index contributed by atoms with van der Waals surface area (Å²) in [6.07, 6.45) is 7.14. The van der Waals surface area contributed by atoms with Crippen molar-refractivity contribution >= 4 is 23.5 Å². The van der Waals surface area contributed by atoms with Crippen molar-refractivity contribution in [1.29, 1.82) is 0 Å². The van der Waals surface area contributed by atoms with Gasteiger partial charge in [-0.2, -0.15) is 0 Å². The minimum absolute atomic E-state index is 0.256. The lowest BCUT2D eigenvalue weighted by Gasteiger charge is -2.28. The number of aromatic nitrogens is 1. The molecule has 1 heterocycles. The van der Waals surface area contributed by atoms with Crippen molar-refractivity contribution in [2.75, 3.05) is 30.8 Å². The fourth-order valence-electron chi connectivity index (χ4n) is 5.25. The van der Waals surface area contributed by atoms with E-state index in [4.69, 9.17) is 13.9 Å². The van der Waals surface area contributed by atoms with Crippen LogP contribution >= 0.6 is 0 Å². The van der Waals surface area contributed by atoms with Gasteiger partial charge in [-0.1, -0.05) is 42.5 Å². The van der Waals surface area contributed by atoms with Gasteiger partial charge in [-0.3, -0.25) is 4.90 Å². The highest BCUT2D eigenvalue weighted by Gasteiger charge is 2.35. The van der Waals surface area contributed by atoms with Crippen LogP contribution in [0.4, 0.5) is 21.0 Å². The average molecular weight is 596 g/mol. The SMILES string of the molecule is COc1cc(NC(=O)Nc2cccc(CNC(=O)OC(CN(CC3CC3)C3CC3)c3ccccc3)c2)ccc1-c1cnco1. The maximum Gasteiger partial charge on any atom is 0.408 e. The van der Waals surface area contributed by atoms with Gasteiger partial charge in [0.15, 0.2) is 12.2 Å². The van der Waals surface area contributed by atoms with E-state index in [2.05, 4.69) is 25.8 Å². The van der Waals surface area contributed by atoms with E-state index in [1.807, 2.05) is 48.5 Å². The molecule has 2 aliphatic carbocycles. The first kappa shape index (κ1) is 29.3. The molecule has 2 saturated carbocycles. The Hall–Kier alpha value is -4.83. The third-order valence-corrected chi connectivity index (χ3v) is 7.85. The summed E-state index contributed by atoms with van der Waals surface area (Å²) in [5, 5.41) is 8.55. The van der Waals surface area contributed by atoms with Crippen LogP contribution in [0.15, 0.2) is 89.8 Å². The molecule has 3 amide bonds. The number of alkyl carbamates (subject to hydrolysis) is 1. The van der Waals surface area contributed by atoms with Crippen LogP contribution in [-0.2, 0) is 11.3 Å². The molecule has 0 radical (unpaired) electrons. The summed E-state index contributed by atoms with van der Waals surface area (Å²) in [5.74, 6) is 1.88. The van der Waals surface area contributed by atoms with Gasteiger partial charge in [0.25, 0.3) is 0 Å². The molecule has 0 saturated heterocycles. The van der Waals surface area contributed by atoms with Gasteiger partial charge in [0.05, 0.1) is 18.9 Å². The summed E-state index contributed by atoms with van der Waals surface area (Å²) in [6.45, 7) is 2.03. The van der Waals surface area contributed by atoms with Crippen molar-refractivity contribution in [2.45, 2.75) is 44.4 Å². The Labute approximate surface area is 256 Å². The minimum atomic E-state index is -0.472. The normalized spacial score (nSPS) is 15.0. The third kappa shape index (κ3) is 7.96. The highest BCUT2D eigenvalue weighted by atomic mass is 16.6. The van der Waals surface area contributed by atoms with Gasteiger partial charge in [-0.15, -0.1) is 0 Å². The van der Waals surface area contributed by atoms with Crippen LogP contribution in [0.3, 0.4) is 0 Å². The van der Waals surface area contributed by atoms with E-state index >= 15 is 0 Å². The predicted molar refractivity (Wildman–Crippen MR) is 167 cm³/mol. The highest BCUT2D eigenvalue weighted by molar-refractivity contribution is 6.00. The topological polar surface area (TPSA) is 118 Å². The number of ether oxygens (including phenoxy) is 2. The van der Waals surface area contributed by atoms with E-state index in [0.717, 1.165) is 29.2 Å². The van der Waals surface area contributed by atoms with Crippen molar-refractivity contribution in [3.8, 4) is 17.1 Å². The number of amides is 3. The number of hydrogen-bond acceptors (Lipinski definition) is 7. The molecule has 44 heavy (non-hydrogen) atoms. The predicted octanol–water partition coefficient (Wildman–Crippen LogP) is 6.84. The molecule has 2 fully saturated rings. The van der Waals surface area contributed by atoms with E-state index < -0.39 is 12.1 Å². The molecule has 1 aromatic heterocycles. The largest absolute Gasteiger partial charge is 0.496 e. The molecule has 0 bridgehead atoms. The Kier molecular flexibility index (Phi) is 9.07. The monoisotopic (exact) mass is 595 g/mol. The van der Waals surface area contributed by atoms with Gasteiger partial charge in [0.2, 0.25) is 0 Å². The molecule has 0 aliphatic heterocycles. The number of nitrogens with one attached hydrogen (secondary N) is 3. The Balaban J connectivity index is 1.03. The third-order valence-electron chi connectivity index (χ3n) is 7.85. The minimum Gasteiger partial charge on any atom is -0.496 e. The molecule has 2 aliphatic rings. The second-order valence-corrected chi connectivity index (χ2v) is 11.3. The fourth-order valence-corrected chi connectivity index (χ4v) is 5.25. The first-order valence-electron chi connectivity index (χ1n) is 15.0. The lowest BCUT2D eigenvalue weighted by molar-refractivity contribution is 0.0652. The lowest BCUT2D eigenvalue weighted by Crippen LogP contribution is -2.36. The van der Waals surface area contributed by atoms with Crippen LogP contribution < -0.4 is 20.7 Å². The molecule has 1 unspecified atom stereocenters. The number of nitrogens with zero attached hydrogens (tertiary/aromatic N) is 2. The number of carbonyl (C=O) groups excluding carboxylic acids is 2. The fraction of sp³-hybridized carbons (Fsp3) is 0.324. The van der Waals surface area contributed by atoms with E-state index in [9.17, 15) is 9.59 Å². The summed E-state index contributed by atoms with van der Waals surface area (Å²) in [5.41, 5.74) is 3.67. The van der Waals surface area contributed by atoms with E-state index in [1.54, 1.807) is 37.6 Å². The van der Waals surface area contributed by atoms with Crippen molar-refractivity contribution < 1.29 is 23.5 Å². The van der Waals surface area contributed by atoms with E-state index in [0.29, 0.717) is 35.5 Å². The second kappa shape index (κ2) is 13.6. The average Bonchev–Trinajstić information content (AvgIpc) is 3.98. The van der Waals surface area contributed by atoms with Crippen LogP contribution in [0, 0.1) is 5.92 Å². The molecule has 3 N–H and O–H groups in total. The molecular formula is C34H37N5O5. The first-order chi connectivity index (χ1) is 21.5. The molecule has 4 aromatic rings. The molecule has 1 atom stereocenters. The van der Waals surface area contributed by atoms with E-state index in [1.165, 1.54) is 32.1 Å². The Morgan fingerprint density at radius 2 is 1.77 bits per heavy atom. The molecule has 10 nitrogen and oxygen atoms in total. The van der Waals surface area contributed by atoms with Gasteiger partial charge < -0.3 is 29.8 Å². The zero-order valence-corrected chi connectivity index (χ0v) is 24.7. The highest BCUT2D eigenvalue weighted by Crippen LogP contribution is 2.36. The van der Waals surface area contributed by atoms with E-state index in [-0.39, 0.29) is 12.6 Å². The van der Waals surface area contributed by atoms with Crippen molar-refractivity contribution in [1.82, 2.24) is 15.2 Å². The zero-order valence-electron chi connectivity index (χ0n) is 24.7. The quantitative estimate of drug-likeness (QED) is 0.155. The maximum absolute atomic E-state index is 13.0. The molecule has 0 spiro atoms. The van der Waals surface area contributed by atoms with Crippen LogP contribution in [0.5, 0.6) is 5.75 Å². The Morgan fingerprint density at radius 3 is 2.48 bits per heavy atom. The summed E-state index contributed by atoms with van der Waals surface area (Å²) < 4.78 is 16.8. The van der Waals surface area contributed by atoms with Gasteiger partial charge in [0, 0.05) is 43.1 Å². The van der Waals surface area contributed by atoms with Crippen molar-refractivity contribution in [2.24, 2.45) is 5.92 Å². The van der Waals surface area contributed by atoms with Crippen LogP contribution in [0.25, 0.3) is 11.3 Å². The Morgan fingerprint density at radius 1 is 0.977 bits per heavy atom. The summed E-state index contributed by atoms with van der Waals surface area (Å²) >= 11 is 0. The van der Waals surface area contributed by atoms with Gasteiger partial charge >= 0.3 is 12.1 Å². The number of anilines is 2. The number of hydrogen-bond donors (Lipinski definition) is 3. The zero-order chi connectivity index (χ0) is 30.3. The van der Waals surface area contributed by atoms with Crippen LogP contribution in [0.1, 0.15) is 42.9 Å². The number of urea groups is 1. The molecular weight excluding hydrogens is 558 g/mol. The molecule has 6 rings (SSSR count).